The van der Waals surface area contributed by atoms with Crippen LogP contribution in [0.1, 0.15) is 11.1 Å². The largest absolute Gasteiger partial charge is 0.488 e. The van der Waals surface area contributed by atoms with Crippen LogP contribution in [0.5, 0.6) is 5.75 Å². The maximum atomic E-state index is 12.6. The number of anilines is 1. The number of ether oxygens (including phenoxy) is 1. The van der Waals surface area contributed by atoms with Crippen LogP contribution in [-0.2, 0) is 11.4 Å². The van der Waals surface area contributed by atoms with E-state index in [1.807, 2.05) is 60.7 Å². The van der Waals surface area contributed by atoms with Gasteiger partial charge in [0.1, 0.15) is 24.0 Å². The molecule has 0 atom stereocenters. The van der Waals surface area contributed by atoms with Crippen molar-refractivity contribution in [2.45, 2.75) is 6.61 Å². The smallest absolute Gasteiger partial charge is 0.266 e. The van der Waals surface area contributed by atoms with Crippen molar-refractivity contribution in [2.24, 2.45) is 0 Å². The summed E-state index contributed by atoms with van der Waals surface area (Å²) in [5.74, 6) is 0.0897. The van der Waals surface area contributed by atoms with Gasteiger partial charge in [0.05, 0.1) is 5.69 Å². The number of nitrogens with one attached hydrogen (secondary N) is 1. The second kappa shape index (κ2) is 10.1. The zero-order valence-electron chi connectivity index (χ0n) is 15.2. The lowest BCUT2D eigenvalue weighted by Gasteiger charge is -2.11. The zero-order valence-corrected chi connectivity index (χ0v) is 18.4. The normalized spacial score (nSPS) is 10.9. The summed E-state index contributed by atoms with van der Waals surface area (Å²) in [6, 6.07) is 24.4. The van der Waals surface area contributed by atoms with E-state index in [0.717, 1.165) is 14.5 Å². The van der Waals surface area contributed by atoms with Crippen LogP contribution in [-0.4, -0.2) is 5.91 Å². The molecule has 0 bridgehead atoms. The van der Waals surface area contributed by atoms with Crippen LogP contribution >= 0.6 is 31.9 Å². The van der Waals surface area contributed by atoms with Gasteiger partial charge in [-0.1, -0.05) is 58.4 Å². The van der Waals surface area contributed by atoms with Crippen molar-refractivity contribution in [2.75, 3.05) is 5.32 Å². The number of nitrogens with zero attached hydrogens (tertiary/aromatic N) is 1. The SMILES string of the molecule is N#C/C(=C\c1cc(Br)ccc1OCc1ccccc1)C(=O)Nc1ccccc1Br. The van der Waals surface area contributed by atoms with E-state index < -0.39 is 5.91 Å². The highest BCUT2D eigenvalue weighted by atomic mass is 79.9. The van der Waals surface area contributed by atoms with E-state index in [0.29, 0.717) is 23.6 Å². The summed E-state index contributed by atoms with van der Waals surface area (Å²) in [7, 11) is 0. The van der Waals surface area contributed by atoms with Crippen LogP contribution in [0, 0.1) is 11.3 Å². The Labute approximate surface area is 186 Å². The number of para-hydroxylation sites is 1. The summed E-state index contributed by atoms with van der Waals surface area (Å²) in [6.45, 7) is 0.383. The van der Waals surface area contributed by atoms with Crippen molar-refractivity contribution in [1.29, 1.82) is 5.26 Å². The topological polar surface area (TPSA) is 62.1 Å². The number of carbonyl (C=O) groups is 1. The first-order chi connectivity index (χ1) is 14.1. The van der Waals surface area contributed by atoms with Crippen molar-refractivity contribution in [3.8, 4) is 11.8 Å². The Balaban J connectivity index is 1.84. The first kappa shape index (κ1) is 20.8. The van der Waals surface area contributed by atoms with Crippen molar-refractivity contribution in [1.82, 2.24) is 0 Å². The average Bonchev–Trinajstić information content (AvgIpc) is 2.73. The molecular weight excluding hydrogens is 496 g/mol. The molecule has 0 radical (unpaired) electrons. The van der Waals surface area contributed by atoms with Crippen LogP contribution in [0.4, 0.5) is 5.69 Å². The third kappa shape index (κ3) is 5.80. The number of rotatable bonds is 6. The van der Waals surface area contributed by atoms with Crippen molar-refractivity contribution in [3.05, 3.63) is 98.4 Å². The Kier molecular flexibility index (Phi) is 7.23. The van der Waals surface area contributed by atoms with E-state index in [2.05, 4.69) is 37.2 Å². The van der Waals surface area contributed by atoms with Gasteiger partial charge >= 0.3 is 0 Å². The van der Waals surface area contributed by atoms with E-state index in [-0.39, 0.29) is 5.57 Å². The minimum absolute atomic E-state index is 0.0246. The number of carbonyl (C=O) groups excluding carboxylic acids is 1. The predicted octanol–water partition coefficient (Wildman–Crippen LogP) is 6.34. The molecule has 0 saturated heterocycles. The zero-order chi connectivity index (χ0) is 20.6. The fourth-order valence-corrected chi connectivity index (χ4v) is 3.32. The minimum atomic E-state index is -0.492. The molecule has 4 nitrogen and oxygen atoms in total. The molecule has 144 valence electrons. The van der Waals surface area contributed by atoms with Gasteiger partial charge in [-0.3, -0.25) is 4.79 Å². The molecule has 6 heteroatoms. The van der Waals surface area contributed by atoms with Gasteiger partial charge in [-0.2, -0.15) is 5.26 Å². The lowest BCUT2D eigenvalue weighted by Crippen LogP contribution is -2.13. The summed E-state index contributed by atoms with van der Waals surface area (Å²) < 4.78 is 7.48. The summed E-state index contributed by atoms with van der Waals surface area (Å²) in [4.78, 5) is 12.6. The third-order valence-electron chi connectivity index (χ3n) is 4.00. The number of hydrogen-bond acceptors (Lipinski definition) is 3. The van der Waals surface area contributed by atoms with E-state index in [1.54, 1.807) is 18.2 Å². The third-order valence-corrected chi connectivity index (χ3v) is 5.18. The summed E-state index contributed by atoms with van der Waals surface area (Å²) in [5.41, 5.74) is 2.23. The van der Waals surface area contributed by atoms with Crippen LogP contribution in [0.3, 0.4) is 0 Å². The van der Waals surface area contributed by atoms with Gasteiger partial charge in [-0.25, -0.2) is 0 Å². The first-order valence-electron chi connectivity index (χ1n) is 8.71. The Hall–Kier alpha value is -2.88. The molecule has 29 heavy (non-hydrogen) atoms. The van der Waals surface area contributed by atoms with Gasteiger partial charge in [0.2, 0.25) is 0 Å². The second-order valence-electron chi connectivity index (χ2n) is 6.06. The fraction of sp³-hybridized carbons (Fsp3) is 0.0435. The number of halogens is 2. The predicted molar refractivity (Wildman–Crippen MR) is 121 cm³/mol. The van der Waals surface area contributed by atoms with Gasteiger partial charge < -0.3 is 10.1 Å². The fourth-order valence-electron chi connectivity index (χ4n) is 2.56. The van der Waals surface area contributed by atoms with E-state index in [9.17, 15) is 10.1 Å². The van der Waals surface area contributed by atoms with Crippen LogP contribution < -0.4 is 10.1 Å². The Bertz CT molecular complexity index is 1090. The van der Waals surface area contributed by atoms with Gasteiger partial charge in [-0.15, -0.1) is 0 Å². The molecule has 0 aliphatic carbocycles. The Morgan fingerprint density at radius 1 is 1.03 bits per heavy atom. The monoisotopic (exact) mass is 510 g/mol. The van der Waals surface area contributed by atoms with Gasteiger partial charge in [0.25, 0.3) is 5.91 Å². The summed E-state index contributed by atoms with van der Waals surface area (Å²) in [5, 5.41) is 12.3. The molecule has 0 spiro atoms. The minimum Gasteiger partial charge on any atom is -0.488 e. The molecule has 0 saturated carbocycles. The maximum Gasteiger partial charge on any atom is 0.266 e. The summed E-state index contributed by atoms with van der Waals surface area (Å²) in [6.07, 6.45) is 1.53. The maximum absolute atomic E-state index is 12.6. The molecule has 3 aromatic rings. The van der Waals surface area contributed by atoms with E-state index in [1.165, 1.54) is 6.08 Å². The standard InChI is InChI=1S/C23H16Br2N2O2/c24-19-10-11-22(29-15-16-6-2-1-3-7-16)17(13-19)12-18(14-26)23(28)27-21-9-5-4-8-20(21)25/h1-13H,15H2,(H,27,28)/b18-12+. The van der Waals surface area contributed by atoms with Crippen LogP contribution in [0.2, 0.25) is 0 Å². The number of nitriles is 1. The Morgan fingerprint density at radius 2 is 1.76 bits per heavy atom. The van der Waals surface area contributed by atoms with Gasteiger partial charge in [0, 0.05) is 14.5 Å². The number of hydrogen-bond donors (Lipinski definition) is 1. The molecule has 0 fully saturated rings. The molecule has 0 unspecified atom stereocenters. The molecule has 0 aliphatic rings. The molecule has 1 amide bonds. The van der Waals surface area contributed by atoms with Gasteiger partial charge in [-0.05, 0) is 57.9 Å². The molecule has 0 aliphatic heterocycles. The summed E-state index contributed by atoms with van der Waals surface area (Å²) >= 11 is 6.81. The van der Waals surface area contributed by atoms with Crippen molar-refractivity contribution in [3.63, 3.8) is 0 Å². The molecular formula is C23H16Br2N2O2. The quantitative estimate of drug-likeness (QED) is 0.310. The highest BCUT2D eigenvalue weighted by Crippen LogP contribution is 2.27. The lowest BCUT2D eigenvalue weighted by atomic mass is 10.1. The second-order valence-corrected chi connectivity index (χ2v) is 7.83. The molecule has 1 N–H and O–H groups in total. The van der Waals surface area contributed by atoms with Crippen LogP contribution in [0.25, 0.3) is 6.08 Å². The molecule has 0 aromatic heterocycles. The molecule has 3 rings (SSSR count). The highest BCUT2D eigenvalue weighted by Gasteiger charge is 2.13. The first-order valence-corrected chi connectivity index (χ1v) is 10.3. The van der Waals surface area contributed by atoms with E-state index >= 15 is 0 Å². The lowest BCUT2D eigenvalue weighted by molar-refractivity contribution is -0.112. The molecule has 0 heterocycles. The molecule has 3 aromatic carbocycles. The van der Waals surface area contributed by atoms with Gasteiger partial charge in [0.15, 0.2) is 0 Å². The van der Waals surface area contributed by atoms with E-state index in [4.69, 9.17) is 4.74 Å². The number of benzene rings is 3. The number of amides is 1. The van der Waals surface area contributed by atoms with Crippen LogP contribution in [0.15, 0.2) is 87.3 Å². The van der Waals surface area contributed by atoms with Crippen molar-refractivity contribution >= 4 is 49.5 Å². The average molecular weight is 512 g/mol. The Morgan fingerprint density at radius 3 is 2.48 bits per heavy atom. The van der Waals surface area contributed by atoms with Crippen molar-refractivity contribution < 1.29 is 9.53 Å². The highest BCUT2D eigenvalue weighted by molar-refractivity contribution is 9.10.